The Hall–Kier alpha value is -8.40. The Morgan fingerprint density at radius 1 is 0.254 bits per heavy atom. The Morgan fingerprint density at radius 3 is 1.46 bits per heavy atom. The summed E-state index contributed by atoms with van der Waals surface area (Å²) in [7, 11) is 0. The van der Waals surface area contributed by atoms with Crippen molar-refractivity contribution in [3.05, 3.63) is 237 Å². The summed E-state index contributed by atoms with van der Waals surface area (Å²) >= 11 is 0. The summed E-state index contributed by atoms with van der Waals surface area (Å²) < 4.78 is 2.44. The van der Waals surface area contributed by atoms with Crippen molar-refractivity contribution < 1.29 is 0 Å². The van der Waals surface area contributed by atoms with Crippen molar-refractivity contribution in [2.75, 3.05) is 0 Å². The number of hydrogen-bond acceptors (Lipinski definition) is 2. The van der Waals surface area contributed by atoms with Gasteiger partial charge in [-0.05, 0) is 85.9 Å². The molecular formula is C60H39N3. The van der Waals surface area contributed by atoms with Crippen molar-refractivity contribution in [1.82, 2.24) is 14.5 Å². The number of benzene rings is 10. The van der Waals surface area contributed by atoms with Gasteiger partial charge in [-0.1, -0.05) is 200 Å². The first kappa shape index (κ1) is 36.5. The molecule has 0 saturated carbocycles. The molecule has 0 atom stereocenters. The highest BCUT2D eigenvalue weighted by Gasteiger charge is 2.20. The number of hydrogen-bond donors (Lipinski definition) is 0. The predicted molar refractivity (Wildman–Crippen MR) is 264 cm³/mol. The first-order valence-corrected chi connectivity index (χ1v) is 21.5. The van der Waals surface area contributed by atoms with E-state index in [9.17, 15) is 0 Å². The number of rotatable bonds is 7. The van der Waals surface area contributed by atoms with Crippen LogP contribution >= 0.6 is 0 Å². The first-order chi connectivity index (χ1) is 31.3. The Labute approximate surface area is 365 Å². The molecule has 0 N–H and O–H groups in total. The van der Waals surface area contributed by atoms with E-state index >= 15 is 0 Å². The molecule has 294 valence electrons. The van der Waals surface area contributed by atoms with Gasteiger partial charge in [-0.25, -0.2) is 9.97 Å². The van der Waals surface area contributed by atoms with Gasteiger partial charge in [0.1, 0.15) is 0 Å². The van der Waals surface area contributed by atoms with E-state index in [1.165, 1.54) is 54.8 Å². The van der Waals surface area contributed by atoms with Crippen LogP contribution in [0.2, 0.25) is 0 Å². The SMILES string of the molecule is c1ccc(-c2ccc3c(c2)c2ccccc2n3-c2ccc(-c3ccc(-c4nc(-c5ccccc5)cc(-c5ccccc5-c5ccccc5)n4)c4ccccc34)c3ccccc23)cc1. The molecule has 0 aliphatic carbocycles. The number of fused-ring (bicyclic) bond motifs is 5. The maximum absolute atomic E-state index is 5.39. The molecule has 0 aliphatic rings. The van der Waals surface area contributed by atoms with E-state index in [0.717, 1.165) is 55.7 Å². The van der Waals surface area contributed by atoms with E-state index in [1.54, 1.807) is 0 Å². The number of aromatic nitrogens is 3. The first-order valence-electron chi connectivity index (χ1n) is 21.5. The molecule has 10 aromatic carbocycles. The molecule has 0 aliphatic heterocycles. The fourth-order valence-electron chi connectivity index (χ4n) is 9.52. The summed E-state index contributed by atoms with van der Waals surface area (Å²) in [4.78, 5) is 10.7. The lowest BCUT2D eigenvalue weighted by atomic mass is 9.91. The molecule has 12 rings (SSSR count). The third-order valence-electron chi connectivity index (χ3n) is 12.5. The second-order valence-electron chi connectivity index (χ2n) is 16.1. The van der Waals surface area contributed by atoms with E-state index in [0.29, 0.717) is 5.82 Å². The molecule has 2 aromatic heterocycles. The lowest BCUT2D eigenvalue weighted by molar-refractivity contribution is 1.19. The van der Waals surface area contributed by atoms with Crippen LogP contribution in [0.15, 0.2) is 237 Å². The summed E-state index contributed by atoms with van der Waals surface area (Å²) in [6.45, 7) is 0. The van der Waals surface area contributed by atoms with Gasteiger partial charge in [0, 0.05) is 32.8 Å². The minimum Gasteiger partial charge on any atom is -0.309 e. The molecule has 3 heteroatoms. The summed E-state index contributed by atoms with van der Waals surface area (Å²) in [5, 5.41) is 7.13. The average molecular weight is 802 g/mol. The zero-order valence-corrected chi connectivity index (χ0v) is 34.4. The summed E-state index contributed by atoms with van der Waals surface area (Å²) in [5.74, 6) is 0.693. The monoisotopic (exact) mass is 801 g/mol. The smallest absolute Gasteiger partial charge is 0.161 e. The minimum absolute atomic E-state index is 0.693. The molecular weight excluding hydrogens is 763 g/mol. The third kappa shape index (κ3) is 6.29. The van der Waals surface area contributed by atoms with Gasteiger partial charge in [0.25, 0.3) is 0 Å². The van der Waals surface area contributed by atoms with Crippen LogP contribution in [0.5, 0.6) is 0 Å². The summed E-state index contributed by atoms with van der Waals surface area (Å²) in [6.07, 6.45) is 0. The van der Waals surface area contributed by atoms with Gasteiger partial charge in [0.05, 0.1) is 28.1 Å². The van der Waals surface area contributed by atoms with Gasteiger partial charge in [-0.3, -0.25) is 0 Å². The molecule has 0 bridgehead atoms. The molecule has 12 aromatic rings. The van der Waals surface area contributed by atoms with Gasteiger partial charge < -0.3 is 4.57 Å². The van der Waals surface area contributed by atoms with E-state index in [4.69, 9.17) is 9.97 Å². The van der Waals surface area contributed by atoms with Crippen molar-refractivity contribution in [3.63, 3.8) is 0 Å². The Bertz CT molecular complexity index is 3660. The van der Waals surface area contributed by atoms with Gasteiger partial charge in [-0.15, -0.1) is 0 Å². The Morgan fingerprint density at radius 2 is 0.746 bits per heavy atom. The van der Waals surface area contributed by atoms with E-state index in [-0.39, 0.29) is 0 Å². The molecule has 0 amide bonds. The molecule has 0 saturated heterocycles. The maximum atomic E-state index is 5.39. The highest BCUT2D eigenvalue weighted by Crippen LogP contribution is 2.43. The Kier molecular flexibility index (Phi) is 8.83. The van der Waals surface area contributed by atoms with Gasteiger partial charge in [-0.2, -0.15) is 0 Å². The van der Waals surface area contributed by atoms with Crippen LogP contribution in [0.4, 0.5) is 0 Å². The van der Waals surface area contributed by atoms with E-state index < -0.39 is 0 Å². The number of para-hydroxylation sites is 1. The standard InChI is InChI=1S/C60H39N3/c1-4-18-40(19-5-1)43-32-36-59-54(38-43)52-30-16-17-31-57(52)63(59)58-37-35-49(46-26-13-15-29-51(46)58)48-33-34-53(47-27-12-11-25-45(47)48)60-61-55(42-22-8-3-9-23-42)39-56(62-60)50-28-14-10-24-44(50)41-20-6-2-7-21-41/h1-39H. The minimum atomic E-state index is 0.693. The lowest BCUT2D eigenvalue weighted by Crippen LogP contribution is -1.98. The van der Waals surface area contributed by atoms with Crippen molar-refractivity contribution in [3.8, 4) is 73.0 Å². The van der Waals surface area contributed by atoms with Crippen LogP contribution in [0.25, 0.3) is 116 Å². The Balaban J connectivity index is 1.03. The van der Waals surface area contributed by atoms with Crippen molar-refractivity contribution in [2.45, 2.75) is 0 Å². The quantitative estimate of drug-likeness (QED) is 0.161. The van der Waals surface area contributed by atoms with E-state index in [2.05, 4.69) is 235 Å². The zero-order chi connectivity index (χ0) is 41.7. The van der Waals surface area contributed by atoms with Crippen LogP contribution in [0.3, 0.4) is 0 Å². The van der Waals surface area contributed by atoms with Crippen LogP contribution in [0.1, 0.15) is 0 Å². The predicted octanol–water partition coefficient (Wildman–Crippen LogP) is 15.9. The van der Waals surface area contributed by atoms with Crippen LogP contribution in [0, 0.1) is 0 Å². The average Bonchev–Trinajstić information content (AvgIpc) is 3.70. The molecule has 0 fully saturated rings. The fourth-order valence-corrected chi connectivity index (χ4v) is 9.52. The highest BCUT2D eigenvalue weighted by atomic mass is 15.0. The fraction of sp³-hybridized carbons (Fsp3) is 0. The summed E-state index contributed by atoms with van der Waals surface area (Å²) in [5.41, 5.74) is 15.5. The molecule has 2 heterocycles. The van der Waals surface area contributed by atoms with Crippen molar-refractivity contribution in [1.29, 1.82) is 0 Å². The highest BCUT2D eigenvalue weighted by molar-refractivity contribution is 6.14. The largest absolute Gasteiger partial charge is 0.309 e. The topological polar surface area (TPSA) is 30.7 Å². The molecule has 3 nitrogen and oxygen atoms in total. The number of nitrogens with zero attached hydrogens (tertiary/aromatic N) is 3. The van der Waals surface area contributed by atoms with Crippen molar-refractivity contribution >= 4 is 43.4 Å². The van der Waals surface area contributed by atoms with Gasteiger partial charge in [0.2, 0.25) is 0 Å². The summed E-state index contributed by atoms with van der Waals surface area (Å²) in [6, 6.07) is 84.6. The second kappa shape index (κ2) is 15.3. The maximum Gasteiger partial charge on any atom is 0.161 e. The molecule has 0 spiro atoms. The molecule has 0 unspecified atom stereocenters. The normalized spacial score (nSPS) is 11.5. The van der Waals surface area contributed by atoms with Crippen molar-refractivity contribution in [2.24, 2.45) is 0 Å². The van der Waals surface area contributed by atoms with Gasteiger partial charge >= 0.3 is 0 Å². The van der Waals surface area contributed by atoms with Crippen LogP contribution in [-0.4, -0.2) is 14.5 Å². The van der Waals surface area contributed by atoms with Crippen LogP contribution < -0.4 is 0 Å². The lowest BCUT2D eigenvalue weighted by Gasteiger charge is -2.17. The molecule has 0 radical (unpaired) electrons. The molecule has 63 heavy (non-hydrogen) atoms. The van der Waals surface area contributed by atoms with Gasteiger partial charge in [0.15, 0.2) is 5.82 Å². The zero-order valence-electron chi connectivity index (χ0n) is 34.4. The third-order valence-corrected chi connectivity index (χ3v) is 12.5. The van der Waals surface area contributed by atoms with E-state index in [1.807, 2.05) is 6.07 Å². The van der Waals surface area contributed by atoms with Crippen LogP contribution in [-0.2, 0) is 0 Å². The second-order valence-corrected chi connectivity index (χ2v) is 16.1.